The molecule has 144 valence electrons. The Morgan fingerprint density at radius 2 is 2.11 bits per heavy atom. The molecule has 0 saturated carbocycles. The highest BCUT2D eigenvalue weighted by Crippen LogP contribution is 2.16. The summed E-state index contributed by atoms with van der Waals surface area (Å²) in [5.74, 6) is 1.62. The molecule has 0 spiro atoms. The van der Waals surface area contributed by atoms with E-state index in [2.05, 4.69) is 15.4 Å². The van der Waals surface area contributed by atoms with Crippen LogP contribution in [-0.4, -0.2) is 65.9 Å². The maximum atomic E-state index is 12.6. The molecule has 8 heteroatoms. The van der Waals surface area contributed by atoms with Gasteiger partial charge in [-0.3, -0.25) is 9.48 Å². The number of aromatic nitrogens is 2. The van der Waals surface area contributed by atoms with Gasteiger partial charge in [-0.25, -0.2) is 4.99 Å². The van der Waals surface area contributed by atoms with Crippen LogP contribution in [0.5, 0.6) is 5.75 Å². The molecular formula is C19H26N6O2. The third-order valence-corrected chi connectivity index (χ3v) is 4.22. The van der Waals surface area contributed by atoms with E-state index >= 15 is 0 Å². The van der Waals surface area contributed by atoms with Crippen molar-refractivity contribution in [3.8, 4) is 5.75 Å². The number of aryl methyl sites for hydroxylation is 1. The van der Waals surface area contributed by atoms with Crippen LogP contribution in [0, 0.1) is 0 Å². The lowest BCUT2D eigenvalue weighted by Gasteiger charge is -2.35. The topological polar surface area (TPSA) is 75.0 Å². The zero-order valence-corrected chi connectivity index (χ0v) is 15.8. The van der Waals surface area contributed by atoms with Gasteiger partial charge >= 0.3 is 0 Å². The molecule has 3 rings (SSSR count). The van der Waals surface area contributed by atoms with E-state index in [9.17, 15) is 4.79 Å². The van der Waals surface area contributed by atoms with Gasteiger partial charge in [-0.2, -0.15) is 5.10 Å². The second-order valence-electron chi connectivity index (χ2n) is 6.24. The largest absolute Gasteiger partial charge is 0.492 e. The Kier molecular flexibility index (Phi) is 6.30. The molecule has 1 aliphatic rings. The van der Waals surface area contributed by atoms with Gasteiger partial charge in [0, 0.05) is 32.9 Å². The number of anilines is 1. The van der Waals surface area contributed by atoms with E-state index in [4.69, 9.17) is 4.74 Å². The van der Waals surface area contributed by atoms with E-state index in [1.807, 2.05) is 55.4 Å². The average Bonchev–Trinajstić information content (AvgIpc) is 3.11. The average molecular weight is 370 g/mol. The Morgan fingerprint density at radius 3 is 2.78 bits per heavy atom. The molecule has 27 heavy (non-hydrogen) atoms. The quantitative estimate of drug-likeness (QED) is 0.468. The number of nitrogens with zero attached hydrogens (tertiary/aromatic N) is 5. The molecule has 1 aromatic heterocycles. The van der Waals surface area contributed by atoms with Crippen molar-refractivity contribution >= 4 is 17.6 Å². The molecule has 1 N–H and O–H groups in total. The van der Waals surface area contributed by atoms with Crippen LogP contribution in [0.25, 0.3) is 0 Å². The summed E-state index contributed by atoms with van der Waals surface area (Å²) in [6, 6.07) is 9.68. The Labute approximate surface area is 159 Å². The van der Waals surface area contributed by atoms with Crippen LogP contribution >= 0.6 is 0 Å². The number of nitrogens with one attached hydrogen (secondary N) is 1. The molecule has 1 amide bonds. The fraction of sp³-hybridized carbons (Fsp3) is 0.421. The lowest BCUT2D eigenvalue weighted by molar-refractivity contribution is -0.120. The molecule has 2 aromatic rings. The fourth-order valence-corrected chi connectivity index (χ4v) is 2.93. The Bertz CT molecular complexity index is 774. The number of piperazine rings is 1. The summed E-state index contributed by atoms with van der Waals surface area (Å²) < 4.78 is 7.38. The van der Waals surface area contributed by atoms with Crippen molar-refractivity contribution in [1.82, 2.24) is 20.0 Å². The van der Waals surface area contributed by atoms with Crippen molar-refractivity contribution in [2.45, 2.75) is 6.92 Å². The van der Waals surface area contributed by atoms with Crippen LogP contribution in [0.15, 0.2) is 47.7 Å². The van der Waals surface area contributed by atoms with Gasteiger partial charge < -0.3 is 19.9 Å². The third kappa shape index (κ3) is 4.99. The van der Waals surface area contributed by atoms with Gasteiger partial charge in [-0.15, -0.1) is 0 Å². The van der Waals surface area contributed by atoms with Crippen LogP contribution in [0.3, 0.4) is 0 Å². The van der Waals surface area contributed by atoms with Gasteiger partial charge in [0.25, 0.3) is 0 Å². The monoisotopic (exact) mass is 370 g/mol. The highest BCUT2D eigenvalue weighted by atomic mass is 16.5. The summed E-state index contributed by atoms with van der Waals surface area (Å²) in [4.78, 5) is 20.9. The number of guanidine groups is 1. The maximum Gasteiger partial charge on any atom is 0.246 e. The standard InChI is InChI=1S/C19H26N6O2/c1-3-20-19(21-9-12-27-17-7-5-4-6-8-17)24-10-11-25(18(26)15-24)16-13-22-23(2)14-16/h4-8,13-14H,3,9-12,15H2,1-2H3,(H,20,21). The number of para-hydroxylation sites is 1. The van der Waals surface area contributed by atoms with Crippen molar-refractivity contribution < 1.29 is 9.53 Å². The zero-order valence-electron chi connectivity index (χ0n) is 15.8. The zero-order chi connectivity index (χ0) is 19.1. The van der Waals surface area contributed by atoms with Gasteiger partial charge in [0.1, 0.15) is 18.9 Å². The minimum absolute atomic E-state index is 0.0420. The highest BCUT2D eigenvalue weighted by Gasteiger charge is 2.27. The van der Waals surface area contributed by atoms with Gasteiger partial charge in [-0.1, -0.05) is 18.2 Å². The summed E-state index contributed by atoms with van der Waals surface area (Å²) in [6.07, 6.45) is 3.57. The van der Waals surface area contributed by atoms with Gasteiger partial charge in [0.2, 0.25) is 5.91 Å². The normalized spacial score (nSPS) is 15.2. The lowest BCUT2D eigenvalue weighted by atomic mass is 10.3. The fourth-order valence-electron chi connectivity index (χ4n) is 2.93. The maximum absolute atomic E-state index is 12.6. The third-order valence-electron chi connectivity index (χ3n) is 4.22. The minimum Gasteiger partial charge on any atom is -0.492 e. The SMILES string of the molecule is CCNC(=NCCOc1ccccc1)N1CCN(c2cnn(C)c2)C(=O)C1. The van der Waals surface area contributed by atoms with Crippen molar-refractivity contribution in [1.29, 1.82) is 0 Å². The summed E-state index contributed by atoms with van der Waals surface area (Å²) in [6.45, 7) is 5.39. The van der Waals surface area contributed by atoms with E-state index in [1.165, 1.54) is 0 Å². The number of hydrogen-bond donors (Lipinski definition) is 1. The first kappa shape index (κ1) is 18.8. The number of carbonyl (C=O) groups is 1. The first-order valence-corrected chi connectivity index (χ1v) is 9.17. The Hall–Kier alpha value is -3.03. The molecule has 1 aliphatic heterocycles. The predicted molar refractivity (Wildman–Crippen MR) is 105 cm³/mol. The molecule has 1 fully saturated rings. The van der Waals surface area contributed by atoms with Crippen molar-refractivity contribution in [3.05, 3.63) is 42.7 Å². The highest BCUT2D eigenvalue weighted by molar-refractivity contribution is 5.98. The van der Waals surface area contributed by atoms with Gasteiger partial charge in [-0.05, 0) is 19.1 Å². The smallest absolute Gasteiger partial charge is 0.246 e. The van der Waals surface area contributed by atoms with Crippen molar-refractivity contribution in [3.63, 3.8) is 0 Å². The molecule has 1 saturated heterocycles. The minimum atomic E-state index is 0.0420. The second-order valence-corrected chi connectivity index (χ2v) is 6.24. The number of amides is 1. The summed E-state index contributed by atoms with van der Waals surface area (Å²) in [7, 11) is 1.84. The Balaban J connectivity index is 1.56. The van der Waals surface area contributed by atoms with Crippen LogP contribution in [-0.2, 0) is 11.8 Å². The van der Waals surface area contributed by atoms with E-state index in [0.29, 0.717) is 32.8 Å². The number of aliphatic imine (C=N–C) groups is 1. The molecule has 0 radical (unpaired) electrons. The summed E-state index contributed by atoms with van der Waals surface area (Å²) in [5.41, 5.74) is 0.834. The van der Waals surface area contributed by atoms with E-state index in [1.54, 1.807) is 15.8 Å². The molecule has 0 bridgehead atoms. The number of rotatable bonds is 6. The van der Waals surface area contributed by atoms with Crippen LogP contribution in [0.4, 0.5) is 5.69 Å². The van der Waals surface area contributed by atoms with E-state index in [-0.39, 0.29) is 5.91 Å². The van der Waals surface area contributed by atoms with Gasteiger partial charge in [0.05, 0.1) is 18.4 Å². The van der Waals surface area contributed by atoms with Crippen LogP contribution in [0.1, 0.15) is 6.92 Å². The molecule has 1 aromatic carbocycles. The first-order valence-electron chi connectivity index (χ1n) is 9.17. The summed E-state index contributed by atoms with van der Waals surface area (Å²) >= 11 is 0. The number of carbonyl (C=O) groups excluding carboxylic acids is 1. The van der Waals surface area contributed by atoms with Crippen LogP contribution in [0.2, 0.25) is 0 Å². The Morgan fingerprint density at radius 1 is 1.30 bits per heavy atom. The summed E-state index contributed by atoms with van der Waals surface area (Å²) in [5, 5.41) is 7.41. The lowest BCUT2D eigenvalue weighted by Crippen LogP contribution is -2.55. The molecule has 8 nitrogen and oxygen atoms in total. The van der Waals surface area contributed by atoms with Crippen molar-refractivity contribution in [2.75, 3.05) is 44.2 Å². The number of benzene rings is 1. The van der Waals surface area contributed by atoms with E-state index in [0.717, 1.165) is 23.9 Å². The van der Waals surface area contributed by atoms with Crippen LogP contribution < -0.4 is 15.0 Å². The van der Waals surface area contributed by atoms with E-state index < -0.39 is 0 Å². The van der Waals surface area contributed by atoms with Gasteiger partial charge in [0.15, 0.2) is 5.96 Å². The predicted octanol–water partition coefficient (Wildman–Crippen LogP) is 1.11. The second kappa shape index (κ2) is 9.07. The molecule has 0 unspecified atom stereocenters. The first-order chi connectivity index (χ1) is 13.2. The number of hydrogen-bond acceptors (Lipinski definition) is 4. The molecule has 2 heterocycles. The molecule has 0 atom stereocenters. The molecule has 0 aliphatic carbocycles. The molecular weight excluding hydrogens is 344 g/mol. The van der Waals surface area contributed by atoms with Crippen molar-refractivity contribution in [2.24, 2.45) is 12.0 Å². The number of ether oxygens (including phenoxy) is 1.